The molecule has 1 fully saturated rings. The molecule has 1 aliphatic heterocycles. The Morgan fingerprint density at radius 2 is 2.07 bits per heavy atom. The molecule has 1 aromatic carbocycles. The average Bonchev–Trinajstić information content (AvgIpc) is 3.28. The predicted molar refractivity (Wildman–Crippen MR) is 104 cm³/mol. The Labute approximate surface area is 161 Å². The maximum absolute atomic E-state index is 12.9. The Kier molecular flexibility index (Phi) is 4.94. The molecule has 0 spiro atoms. The number of hydrogen-bond donors (Lipinski definition) is 0. The van der Waals surface area contributed by atoms with E-state index < -0.39 is 0 Å². The fourth-order valence-electron chi connectivity index (χ4n) is 3.41. The zero-order chi connectivity index (χ0) is 18.8. The van der Waals surface area contributed by atoms with Gasteiger partial charge in [0.25, 0.3) is 5.91 Å². The second kappa shape index (κ2) is 7.52. The van der Waals surface area contributed by atoms with E-state index in [0.29, 0.717) is 25.4 Å². The number of ether oxygens (including phenoxy) is 1. The van der Waals surface area contributed by atoms with Gasteiger partial charge in [-0.15, -0.1) is 0 Å². The lowest BCUT2D eigenvalue weighted by Crippen LogP contribution is -2.43. The minimum atomic E-state index is -0.240. The van der Waals surface area contributed by atoms with Crippen LogP contribution in [0, 0.1) is 5.92 Å². The number of thiazole rings is 1. The van der Waals surface area contributed by atoms with E-state index in [2.05, 4.69) is 17.1 Å². The summed E-state index contributed by atoms with van der Waals surface area (Å²) in [5, 5.41) is 0. The number of amides is 1. The number of fused-ring (bicyclic) bond motifs is 1. The Morgan fingerprint density at radius 3 is 2.81 bits per heavy atom. The van der Waals surface area contributed by atoms with Gasteiger partial charge in [-0.1, -0.05) is 41.7 Å². The fraction of sp³-hybridized carbons (Fsp3) is 0.350. The van der Waals surface area contributed by atoms with Crippen molar-refractivity contribution in [1.82, 2.24) is 14.3 Å². The lowest BCUT2D eigenvalue weighted by molar-refractivity contribution is -0.149. The van der Waals surface area contributed by atoms with E-state index in [9.17, 15) is 9.59 Å². The van der Waals surface area contributed by atoms with Crippen molar-refractivity contribution in [2.75, 3.05) is 19.7 Å². The van der Waals surface area contributed by atoms with Gasteiger partial charge >= 0.3 is 5.97 Å². The van der Waals surface area contributed by atoms with Gasteiger partial charge in [-0.25, -0.2) is 4.98 Å². The second-order valence-corrected chi connectivity index (χ2v) is 7.63. The molecular formula is C20H21N3O3S. The van der Waals surface area contributed by atoms with Crippen molar-refractivity contribution in [3.63, 3.8) is 0 Å². The molecule has 27 heavy (non-hydrogen) atoms. The Hall–Kier alpha value is -2.67. The summed E-state index contributed by atoms with van der Waals surface area (Å²) in [6, 6.07) is 10.1. The molecule has 3 aromatic rings. The van der Waals surface area contributed by atoms with E-state index in [0.717, 1.165) is 28.2 Å². The van der Waals surface area contributed by atoms with Crippen LogP contribution in [0.3, 0.4) is 0 Å². The third-order valence-corrected chi connectivity index (χ3v) is 5.81. The highest BCUT2D eigenvalue weighted by molar-refractivity contribution is 7.20. The van der Waals surface area contributed by atoms with Gasteiger partial charge in [-0.2, -0.15) is 0 Å². The highest BCUT2D eigenvalue weighted by Crippen LogP contribution is 2.29. The van der Waals surface area contributed by atoms with Gasteiger partial charge in [0.1, 0.15) is 5.69 Å². The van der Waals surface area contributed by atoms with Gasteiger partial charge in [0.05, 0.1) is 17.4 Å². The molecule has 1 unspecified atom stereocenters. The molecule has 2 aromatic heterocycles. The first-order valence-electron chi connectivity index (χ1n) is 9.15. The van der Waals surface area contributed by atoms with E-state index in [1.807, 2.05) is 28.8 Å². The smallest absolute Gasteiger partial charge is 0.310 e. The molecule has 140 valence electrons. The lowest BCUT2D eigenvalue weighted by Gasteiger charge is -2.31. The van der Waals surface area contributed by atoms with E-state index in [-0.39, 0.29) is 17.8 Å². The normalized spacial score (nSPS) is 17.2. The molecule has 0 radical (unpaired) electrons. The summed E-state index contributed by atoms with van der Waals surface area (Å²) >= 11 is 1.55. The Morgan fingerprint density at radius 1 is 1.26 bits per heavy atom. The fourth-order valence-corrected chi connectivity index (χ4v) is 4.38. The van der Waals surface area contributed by atoms with Crippen LogP contribution in [0.15, 0.2) is 42.7 Å². The van der Waals surface area contributed by atoms with Gasteiger partial charge in [0.2, 0.25) is 0 Å². The van der Waals surface area contributed by atoms with Crippen molar-refractivity contribution in [2.45, 2.75) is 19.8 Å². The molecule has 7 heteroatoms. The molecule has 1 saturated heterocycles. The van der Waals surface area contributed by atoms with E-state index in [4.69, 9.17) is 4.74 Å². The van der Waals surface area contributed by atoms with Crippen LogP contribution in [0.5, 0.6) is 0 Å². The van der Waals surface area contributed by atoms with Crippen LogP contribution in [-0.4, -0.2) is 45.9 Å². The average molecular weight is 383 g/mol. The number of benzene rings is 1. The van der Waals surface area contributed by atoms with Gasteiger partial charge in [-0.05, 0) is 25.3 Å². The summed E-state index contributed by atoms with van der Waals surface area (Å²) in [7, 11) is 0. The van der Waals surface area contributed by atoms with Crippen LogP contribution < -0.4 is 0 Å². The van der Waals surface area contributed by atoms with Crippen molar-refractivity contribution in [1.29, 1.82) is 0 Å². The van der Waals surface area contributed by atoms with Gasteiger partial charge in [0.15, 0.2) is 4.96 Å². The van der Waals surface area contributed by atoms with Crippen molar-refractivity contribution in [2.24, 2.45) is 5.92 Å². The maximum atomic E-state index is 12.9. The summed E-state index contributed by atoms with van der Waals surface area (Å²) < 4.78 is 7.01. The van der Waals surface area contributed by atoms with Crippen LogP contribution >= 0.6 is 11.3 Å². The number of imidazole rings is 1. The minimum absolute atomic E-state index is 0.124. The first-order chi connectivity index (χ1) is 13.2. The summed E-state index contributed by atoms with van der Waals surface area (Å²) in [5.74, 6) is -0.578. The third kappa shape index (κ3) is 3.60. The highest BCUT2D eigenvalue weighted by Gasteiger charge is 2.30. The van der Waals surface area contributed by atoms with Crippen LogP contribution in [0.2, 0.25) is 0 Å². The van der Waals surface area contributed by atoms with Gasteiger partial charge < -0.3 is 9.64 Å². The lowest BCUT2D eigenvalue weighted by atomic mass is 9.98. The number of carbonyl (C=O) groups is 2. The number of aromatic nitrogens is 2. The largest absolute Gasteiger partial charge is 0.466 e. The second-order valence-electron chi connectivity index (χ2n) is 6.62. The zero-order valence-electron chi connectivity index (χ0n) is 15.1. The molecule has 6 nitrogen and oxygen atoms in total. The standard InChI is InChI=1S/C20H21N3O3S/c1-2-26-19(25)15-9-6-10-22(11-15)18(24)16-12-23-13-17(27-20(23)21-16)14-7-4-3-5-8-14/h3-5,7-8,12-13,15H,2,6,9-11H2,1H3. The Bertz CT molecular complexity index is 932. The maximum Gasteiger partial charge on any atom is 0.310 e. The number of piperidine rings is 1. The molecule has 0 saturated carbocycles. The van der Waals surface area contributed by atoms with Crippen LogP contribution in [0.4, 0.5) is 0 Å². The van der Waals surface area contributed by atoms with Crippen molar-refractivity contribution in [3.05, 3.63) is 48.4 Å². The molecule has 3 heterocycles. The number of esters is 1. The molecule has 0 N–H and O–H groups in total. The molecular weight excluding hydrogens is 362 g/mol. The third-order valence-electron chi connectivity index (χ3n) is 4.76. The first kappa shape index (κ1) is 17.7. The van der Waals surface area contributed by atoms with E-state index in [1.165, 1.54) is 0 Å². The highest BCUT2D eigenvalue weighted by atomic mass is 32.1. The van der Waals surface area contributed by atoms with E-state index >= 15 is 0 Å². The number of hydrogen-bond acceptors (Lipinski definition) is 5. The molecule has 0 aliphatic carbocycles. The number of nitrogens with zero attached hydrogens (tertiary/aromatic N) is 3. The van der Waals surface area contributed by atoms with E-state index in [1.54, 1.807) is 29.4 Å². The number of carbonyl (C=O) groups excluding carboxylic acids is 2. The van der Waals surface area contributed by atoms with Gasteiger partial charge in [-0.3, -0.25) is 14.0 Å². The summed E-state index contributed by atoms with van der Waals surface area (Å²) in [4.78, 5) is 33.0. The van der Waals surface area contributed by atoms with Crippen molar-refractivity contribution >= 4 is 28.2 Å². The van der Waals surface area contributed by atoms with Crippen LogP contribution in [0.1, 0.15) is 30.3 Å². The quantitative estimate of drug-likeness (QED) is 0.647. The topological polar surface area (TPSA) is 63.9 Å². The van der Waals surface area contributed by atoms with Crippen LogP contribution in [0.25, 0.3) is 15.4 Å². The molecule has 0 bridgehead atoms. The summed E-state index contributed by atoms with van der Waals surface area (Å²) in [5.41, 5.74) is 1.56. The van der Waals surface area contributed by atoms with Crippen molar-refractivity contribution in [3.8, 4) is 10.4 Å². The predicted octanol–water partition coefficient (Wildman–Crippen LogP) is 3.48. The molecule has 1 aliphatic rings. The van der Waals surface area contributed by atoms with Gasteiger partial charge in [0, 0.05) is 25.5 Å². The summed E-state index contributed by atoms with van der Waals surface area (Å²) in [6.07, 6.45) is 5.34. The monoisotopic (exact) mass is 383 g/mol. The molecule has 1 atom stereocenters. The summed E-state index contributed by atoms with van der Waals surface area (Å²) in [6.45, 7) is 3.21. The molecule has 4 rings (SSSR count). The first-order valence-corrected chi connectivity index (χ1v) is 9.97. The Balaban J connectivity index is 1.51. The molecule has 1 amide bonds. The van der Waals surface area contributed by atoms with Crippen molar-refractivity contribution < 1.29 is 14.3 Å². The van der Waals surface area contributed by atoms with Crippen LogP contribution in [-0.2, 0) is 9.53 Å². The number of likely N-dealkylation sites (tertiary alicyclic amines) is 1. The SMILES string of the molecule is CCOC(=O)C1CCCN(C(=O)c2cn3cc(-c4ccccc4)sc3n2)C1. The number of rotatable bonds is 4. The zero-order valence-corrected chi connectivity index (χ0v) is 15.9. The minimum Gasteiger partial charge on any atom is -0.466 e.